The Morgan fingerprint density at radius 1 is 1.00 bits per heavy atom. The predicted octanol–water partition coefficient (Wildman–Crippen LogP) is 4.23. The van der Waals surface area contributed by atoms with Gasteiger partial charge >= 0.3 is 0 Å². The lowest BCUT2D eigenvalue weighted by molar-refractivity contribution is 0.0989. The molecule has 0 N–H and O–H groups in total. The molecule has 0 aliphatic heterocycles. The molecule has 3 rings (SSSR count). The molecule has 0 unspecified atom stereocenters. The third-order valence-corrected chi connectivity index (χ3v) is 3.18. The molecule has 0 atom stereocenters. The summed E-state index contributed by atoms with van der Waals surface area (Å²) in [5.41, 5.74) is 3.26. The van der Waals surface area contributed by atoms with Crippen molar-refractivity contribution < 1.29 is 9.21 Å². The molecule has 0 saturated heterocycles. The molecule has 0 aliphatic rings. The van der Waals surface area contributed by atoms with Crippen molar-refractivity contribution >= 4 is 16.8 Å². The summed E-state index contributed by atoms with van der Waals surface area (Å²) in [4.78, 5) is 11.3. The van der Waals surface area contributed by atoms with E-state index in [1.54, 1.807) is 0 Å². The second kappa shape index (κ2) is 4.73. The molecule has 0 fully saturated rings. The largest absolute Gasteiger partial charge is 0.453 e. The quantitative estimate of drug-likeness (QED) is 0.651. The first-order valence-electron chi connectivity index (χ1n) is 6.30. The SMILES string of the molecule is CC(=O)c1cc2cc(Cc3ccccc3)ccc2o1. The van der Waals surface area contributed by atoms with Crippen LogP contribution in [0.25, 0.3) is 11.0 Å². The van der Waals surface area contributed by atoms with Crippen LogP contribution in [0.4, 0.5) is 0 Å². The molecule has 0 amide bonds. The number of fused-ring (bicyclic) bond motifs is 1. The van der Waals surface area contributed by atoms with E-state index in [2.05, 4.69) is 18.2 Å². The first-order chi connectivity index (χ1) is 9.22. The number of hydrogen-bond donors (Lipinski definition) is 0. The molecule has 0 bridgehead atoms. The van der Waals surface area contributed by atoms with E-state index in [-0.39, 0.29) is 5.78 Å². The lowest BCUT2D eigenvalue weighted by Gasteiger charge is -2.01. The van der Waals surface area contributed by atoms with Crippen LogP contribution in [0, 0.1) is 0 Å². The molecular formula is C17H14O2. The van der Waals surface area contributed by atoms with E-state index < -0.39 is 0 Å². The lowest BCUT2D eigenvalue weighted by atomic mass is 10.0. The maximum atomic E-state index is 11.3. The maximum Gasteiger partial charge on any atom is 0.194 e. The standard InChI is InChI=1S/C17H14O2/c1-12(18)17-11-15-10-14(7-8-16(15)19-17)9-13-5-3-2-4-6-13/h2-8,10-11H,9H2,1H3. The van der Waals surface area contributed by atoms with Crippen molar-refractivity contribution in [1.82, 2.24) is 0 Å². The highest BCUT2D eigenvalue weighted by Gasteiger charge is 2.08. The molecule has 2 heteroatoms. The zero-order valence-electron chi connectivity index (χ0n) is 10.7. The minimum absolute atomic E-state index is 0.0409. The average molecular weight is 250 g/mol. The molecule has 19 heavy (non-hydrogen) atoms. The van der Waals surface area contributed by atoms with Gasteiger partial charge in [-0.05, 0) is 35.7 Å². The molecular weight excluding hydrogens is 236 g/mol. The minimum atomic E-state index is -0.0409. The zero-order chi connectivity index (χ0) is 13.2. The molecule has 2 nitrogen and oxygen atoms in total. The van der Waals surface area contributed by atoms with Crippen LogP contribution in [-0.4, -0.2) is 5.78 Å². The fourth-order valence-corrected chi connectivity index (χ4v) is 2.21. The third kappa shape index (κ3) is 2.43. The van der Waals surface area contributed by atoms with Crippen LogP contribution in [0.3, 0.4) is 0 Å². The van der Waals surface area contributed by atoms with Gasteiger partial charge in [-0.1, -0.05) is 36.4 Å². The summed E-state index contributed by atoms with van der Waals surface area (Å²) in [7, 11) is 0. The van der Waals surface area contributed by atoms with E-state index >= 15 is 0 Å². The van der Waals surface area contributed by atoms with E-state index in [0.717, 1.165) is 17.4 Å². The molecule has 94 valence electrons. The highest BCUT2D eigenvalue weighted by Crippen LogP contribution is 2.22. The smallest absolute Gasteiger partial charge is 0.194 e. The zero-order valence-corrected chi connectivity index (χ0v) is 10.7. The number of carbonyl (C=O) groups is 1. The van der Waals surface area contributed by atoms with Crippen molar-refractivity contribution in [2.45, 2.75) is 13.3 Å². The van der Waals surface area contributed by atoms with E-state index in [1.165, 1.54) is 18.1 Å². The summed E-state index contributed by atoms with van der Waals surface area (Å²) < 4.78 is 5.49. The summed E-state index contributed by atoms with van der Waals surface area (Å²) in [5.74, 6) is 0.382. The predicted molar refractivity (Wildman–Crippen MR) is 75.5 cm³/mol. The van der Waals surface area contributed by atoms with Gasteiger partial charge in [-0.25, -0.2) is 0 Å². The Hall–Kier alpha value is -2.35. The van der Waals surface area contributed by atoms with Crippen molar-refractivity contribution in [2.24, 2.45) is 0 Å². The van der Waals surface area contributed by atoms with Gasteiger partial charge in [0.15, 0.2) is 11.5 Å². The van der Waals surface area contributed by atoms with Gasteiger partial charge in [-0.3, -0.25) is 4.79 Å². The molecule has 0 radical (unpaired) electrons. The monoisotopic (exact) mass is 250 g/mol. The van der Waals surface area contributed by atoms with Gasteiger partial charge in [0.25, 0.3) is 0 Å². The highest BCUT2D eigenvalue weighted by molar-refractivity contribution is 5.96. The van der Waals surface area contributed by atoms with Crippen molar-refractivity contribution in [2.75, 3.05) is 0 Å². The van der Waals surface area contributed by atoms with Crippen LogP contribution in [0.2, 0.25) is 0 Å². The van der Waals surface area contributed by atoms with Gasteiger partial charge < -0.3 is 4.42 Å². The van der Waals surface area contributed by atoms with Crippen molar-refractivity contribution in [3.8, 4) is 0 Å². The Bertz CT molecular complexity index is 723. The number of Topliss-reactive ketones (excluding diaryl/α,β-unsaturated/α-hetero) is 1. The molecule has 1 aromatic heterocycles. The summed E-state index contributed by atoms with van der Waals surface area (Å²) >= 11 is 0. The summed E-state index contributed by atoms with van der Waals surface area (Å²) in [5, 5.41) is 0.985. The number of carbonyl (C=O) groups excluding carboxylic acids is 1. The summed E-state index contributed by atoms with van der Waals surface area (Å²) in [6, 6.07) is 18.2. The highest BCUT2D eigenvalue weighted by atomic mass is 16.3. The van der Waals surface area contributed by atoms with Crippen LogP contribution in [-0.2, 0) is 6.42 Å². The molecule has 0 spiro atoms. The second-order valence-electron chi connectivity index (χ2n) is 4.70. The summed E-state index contributed by atoms with van der Waals surface area (Å²) in [6.07, 6.45) is 0.886. The first kappa shape index (κ1) is 11.7. The fourth-order valence-electron chi connectivity index (χ4n) is 2.21. The van der Waals surface area contributed by atoms with Crippen molar-refractivity contribution in [1.29, 1.82) is 0 Å². The number of ketones is 1. The second-order valence-corrected chi connectivity index (χ2v) is 4.70. The van der Waals surface area contributed by atoms with E-state index in [0.29, 0.717) is 5.76 Å². The third-order valence-electron chi connectivity index (χ3n) is 3.18. The van der Waals surface area contributed by atoms with Crippen LogP contribution < -0.4 is 0 Å². The van der Waals surface area contributed by atoms with E-state index in [9.17, 15) is 4.79 Å². The molecule has 1 heterocycles. The van der Waals surface area contributed by atoms with Gasteiger partial charge in [0, 0.05) is 12.3 Å². The first-order valence-corrected chi connectivity index (χ1v) is 6.30. The topological polar surface area (TPSA) is 30.2 Å². The van der Waals surface area contributed by atoms with Crippen LogP contribution in [0.5, 0.6) is 0 Å². The van der Waals surface area contributed by atoms with Gasteiger partial charge in [0.05, 0.1) is 0 Å². The molecule has 3 aromatic rings. The molecule has 2 aromatic carbocycles. The van der Waals surface area contributed by atoms with Gasteiger partial charge in [-0.15, -0.1) is 0 Å². The van der Waals surface area contributed by atoms with Crippen molar-refractivity contribution in [3.63, 3.8) is 0 Å². The normalized spacial score (nSPS) is 10.8. The number of benzene rings is 2. The number of hydrogen-bond acceptors (Lipinski definition) is 2. The number of furan rings is 1. The fraction of sp³-hybridized carbons (Fsp3) is 0.118. The van der Waals surface area contributed by atoms with E-state index in [4.69, 9.17) is 4.42 Å². The van der Waals surface area contributed by atoms with E-state index in [1.807, 2.05) is 36.4 Å². The Kier molecular flexibility index (Phi) is 2.92. The van der Waals surface area contributed by atoms with Gasteiger partial charge in [-0.2, -0.15) is 0 Å². The van der Waals surface area contributed by atoms with Crippen LogP contribution in [0.15, 0.2) is 59.0 Å². The molecule has 0 saturated carbocycles. The van der Waals surface area contributed by atoms with Crippen molar-refractivity contribution in [3.05, 3.63) is 71.5 Å². The van der Waals surface area contributed by atoms with Gasteiger partial charge in [0.2, 0.25) is 0 Å². The van der Waals surface area contributed by atoms with Crippen LogP contribution in [0.1, 0.15) is 28.6 Å². The maximum absolute atomic E-state index is 11.3. The Labute approximate surface area is 111 Å². The lowest BCUT2D eigenvalue weighted by Crippen LogP contribution is -1.86. The van der Waals surface area contributed by atoms with Crippen LogP contribution >= 0.6 is 0 Å². The Morgan fingerprint density at radius 3 is 2.53 bits per heavy atom. The average Bonchev–Trinajstić information content (AvgIpc) is 2.83. The molecule has 0 aliphatic carbocycles. The minimum Gasteiger partial charge on any atom is -0.453 e. The Morgan fingerprint density at radius 2 is 1.79 bits per heavy atom. The summed E-state index contributed by atoms with van der Waals surface area (Å²) in [6.45, 7) is 1.52. The number of rotatable bonds is 3. The Balaban J connectivity index is 1.95. The van der Waals surface area contributed by atoms with Gasteiger partial charge in [0.1, 0.15) is 5.58 Å².